The molecule has 0 aromatic rings. The number of hydrogen-bond donors (Lipinski definition) is 2. The van der Waals surface area contributed by atoms with Crippen LogP contribution >= 0.6 is 0 Å². The van der Waals surface area contributed by atoms with E-state index in [1.807, 2.05) is 0 Å². The Morgan fingerprint density at radius 1 is 1.32 bits per heavy atom. The second-order valence-corrected chi connectivity index (χ2v) is 6.47. The molecule has 0 spiro atoms. The molecule has 1 amide bonds. The first-order valence-electron chi connectivity index (χ1n) is 7.71. The Hall–Kier alpha value is -0.610. The minimum atomic E-state index is -0.295. The van der Waals surface area contributed by atoms with E-state index in [0.29, 0.717) is 0 Å². The third-order valence-electron chi connectivity index (χ3n) is 4.73. The summed E-state index contributed by atoms with van der Waals surface area (Å²) in [7, 11) is 0. The molecule has 2 aliphatic heterocycles. The van der Waals surface area contributed by atoms with Crippen LogP contribution in [-0.2, 0) is 9.53 Å². The summed E-state index contributed by atoms with van der Waals surface area (Å²) < 4.78 is 5.40. The quantitative estimate of drug-likeness (QED) is 0.800. The van der Waals surface area contributed by atoms with Crippen molar-refractivity contribution in [1.29, 1.82) is 0 Å². The van der Waals surface area contributed by atoms with Gasteiger partial charge in [0.25, 0.3) is 0 Å². The lowest BCUT2D eigenvalue weighted by atomic mass is 9.82. The van der Waals surface area contributed by atoms with Gasteiger partial charge in [-0.2, -0.15) is 0 Å². The smallest absolute Gasteiger partial charge is 0.240 e. The summed E-state index contributed by atoms with van der Waals surface area (Å²) in [5, 5.41) is 6.64. The van der Waals surface area contributed by atoms with Crippen LogP contribution < -0.4 is 10.6 Å². The van der Waals surface area contributed by atoms with Crippen molar-refractivity contribution in [1.82, 2.24) is 10.6 Å². The van der Waals surface area contributed by atoms with Crippen LogP contribution in [0.1, 0.15) is 52.4 Å². The Morgan fingerprint density at radius 2 is 2.05 bits per heavy atom. The zero-order chi connectivity index (χ0) is 13.8. The second kappa shape index (κ2) is 6.23. The molecule has 0 radical (unpaired) electrons. The summed E-state index contributed by atoms with van der Waals surface area (Å²) >= 11 is 0. The lowest BCUT2D eigenvalue weighted by molar-refractivity contribution is -0.128. The van der Waals surface area contributed by atoms with E-state index in [1.54, 1.807) is 0 Å². The van der Waals surface area contributed by atoms with Crippen molar-refractivity contribution in [2.24, 2.45) is 5.41 Å². The summed E-state index contributed by atoms with van der Waals surface area (Å²) in [4.78, 5) is 12.5. The van der Waals surface area contributed by atoms with E-state index in [4.69, 9.17) is 4.74 Å². The molecule has 2 aliphatic rings. The van der Waals surface area contributed by atoms with Gasteiger partial charge in [0, 0.05) is 19.8 Å². The van der Waals surface area contributed by atoms with Gasteiger partial charge in [0.15, 0.2) is 0 Å². The van der Waals surface area contributed by atoms with E-state index in [0.717, 1.165) is 64.8 Å². The van der Waals surface area contributed by atoms with Crippen molar-refractivity contribution in [3.63, 3.8) is 0 Å². The fraction of sp³-hybridized carbons (Fsp3) is 0.933. The molecule has 4 heteroatoms. The van der Waals surface area contributed by atoms with Gasteiger partial charge in [-0.15, -0.1) is 0 Å². The number of carbonyl (C=O) groups is 1. The molecule has 1 atom stereocenters. The summed E-state index contributed by atoms with van der Waals surface area (Å²) in [6.07, 6.45) is 6.16. The Bertz CT molecular complexity index is 305. The Balaban J connectivity index is 1.88. The molecule has 0 aromatic carbocycles. The number of ether oxygens (including phenoxy) is 1. The standard InChI is InChI=1S/C15H28N2O2/c1-3-5-15(6-4-9-17-15)13(18)16-12-14(2)7-10-19-11-8-14/h17H,3-12H2,1-2H3,(H,16,18). The van der Waals surface area contributed by atoms with E-state index >= 15 is 0 Å². The van der Waals surface area contributed by atoms with Gasteiger partial charge in [0.1, 0.15) is 0 Å². The molecule has 2 N–H and O–H groups in total. The van der Waals surface area contributed by atoms with Crippen LogP contribution in [0, 0.1) is 5.41 Å². The van der Waals surface area contributed by atoms with Gasteiger partial charge in [0.05, 0.1) is 5.54 Å². The maximum Gasteiger partial charge on any atom is 0.240 e. The highest BCUT2D eigenvalue weighted by molar-refractivity contribution is 5.86. The molecule has 2 saturated heterocycles. The fourth-order valence-corrected chi connectivity index (χ4v) is 3.26. The number of nitrogens with one attached hydrogen (secondary N) is 2. The van der Waals surface area contributed by atoms with Crippen LogP contribution in [0.4, 0.5) is 0 Å². The minimum Gasteiger partial charge on any atom is -0.381 e. The van der Waals surface area contributed by atoms with Crippen LogP contribution in [0.25, 0.3) is 0 Å². The van der Waals surface area contributed by atoms with Crippen molar-refractivity contribution >= 4 is 5.91 Å². The van der Waals surface area contributed by atoms with Gasteiger partial charge in [-0.1, -0.05) is 20.3 Å². The lowest BCUT2D eigenvalue weighted by Gasteiger charge is -2.35. The first kappa shape index (κ1) is 14.8. The molecule has 2 heterocycles. The highest BCUT2D eigenvalue weighted by atomic mass is 16.5. The molecular weight excluding hydrogens is 240 g/mol. The third-order valence-corrected chi connectivity index (χ3v) is 4.73. The SMILES string of the molecule is CCCC1(C(=O)NCC2(C)CCOCC2)CCCN1. The van der Waals surface area contributed by atoms with Gasteiger partial charge in [-0.05, 0) is 44.1 Å². The molecule has 2 fully saturated rings. The largest absolute Gasteiger partial charge is 0.381 e. The van der Waals surface area contributed by atoms with Gasteiger partial charge < -0.3 is 15.4 Å². The first-order chi connectivity index (χ1) is 9.10. The maximum absolute atomic E-state index is 12.5. The summed E-state index contributed by atoms with van der Waals surface area (Å²) in [5.41, 5.74) is -0.0871. The molecule has 0 bridgehead atoms. The minimum absolute atomic E-state index is 0.208. The van der Waals surface area contributed by atoms with Crippen molar-refractivity contribution in [3.05, 3.63) is 0 Å². The number of carbonyl (C=O) groups excluding carboxylic acids is 1. The normalized spacial score (nSPS) is 30.2. The molecule has 2 rings (SSSR count). The Morgan fingerprint density at radius 3 is 2.63 bits per heavy atom. The Kier molecular flexibility index (Phi) is 4.85. The summed E-state index contributed by atoms with van der Waals surface area (Å²) in [6.45, 7) is 7.80. The maximum atomic E-state index is 12.5. The predicted octanol–water partition coefficient (Wildman–Crippen LogP) is 1.84. The van der Waals surface area contributed by atoms with Crippen molar-refractivity contribution < 1.29 is 9.53 Å². The van der Waals surface area contributed by atoms with Crippen molar-refractivity contribution in [3.8, 4) is 0 Å². The summed E-state index contributed by atoms with van der Waals surface area (Å²) in [5.74, 6) is 0.208. The molecule has 110 valence electrons. The molecule has 0 aliphatic carbocycles. The molecule has 1 unspecified atom stereocenters. The van der Waals surface area contributed by atoms with E-state index in [2.05, 4.69) is 24.5 Å². The number of hydrogen-bond acceptors (Lipinski definition) is 3. The highest BCUT2D eigenvalue weighted by Gasteiger charge is 2.40. The van der Waals surface area contributed by atoms with Crippen LogP contribution in [0.5, 0.6) is 0 Å². The second-order valence-electron chi connectivity index (χ2n) is 6.47. The summed E-state index contributed by atoms with van der Waals surface area (Å²) in [6, 6.07) is 0. The van der Waals surface area contributed by atoms with E-state index < -0.39 is 0 Å². The van der Waals surface area contributed by atoms with E-state index in [9.17, 15) is 4.79 Å². The van der Waals surface area contributed by atoms with Crippen molar-refractivity contribution in [2.75, 3.05) is 26.3 Å². The molecule has 0 saturated carbocycles. The number of amides is 1. The van der Waals surface area contributed by atoms with E-state index in [1.165, 1.54) is 0 Å². The third kappa shape index (κ3) is 3.48. The zero-order valence-corrected chi connectivity index (χ0v) is 12.4. The highest BCUT2D eigenvalue weighted by Crippen LogP contribution is 2.30. The van der Waals surface area contributed by atoms with Gasteiger partial charge >= 0.3 is 0 Å². The average Bonchev–Trinajstić information content (AvgIpc) is 2.87. The molecule has 19 heavy (non-hydrogen) atoms. The predicted molar refractivity (Wildman–Crippen MR) is 76.0 cm³/mol. The van der Waals surface area contributed by atoms with Gasteiger partial charge in [0.2, 0.25) is 5.91 Å². The topological polar surface area (TPSA) is 50.4 Å². The fourth-order valence-electron chi connectivity index (χ4n) is 3.26. The van der Waals surface area contributed by atoms with Crippen LogP contribution in [-0.4, -0.2) is 37.7 Å². The lowest BCUT2D eigenvalue weighted by Crippen LogP contribution is -2.55. The average molecular weight is 268 g/mol. The Labute approximate surface area is 116 Å². The van der Waals surface area contributed by atoms with E-state index in [-0.39, 0.29) is 16.9 Å². The van der Waals surface area contributed by atoms with Crippen LogP contribution in [0.3, 0.4) is 0 Å². The van der Waals surface area contributed by atoms with Crippen LogP contribution in [0.15, 0.2) is 0 Å². The molecule has 0 aromatic heterocycles. The number of rotatable bonds is 5. The monoisotopic (exact) mass is 268 g/mol. The molecular formula is C15H28N2O2. The van der Waals surface area contributed by atoms with Crippen LogP contribution in [0.2, 0.25) is 0 Å². The van der Waals surface area contributed by atoms with Crippen molar-refractivity contribution in [2.45, 2.75) is 57.9 Å². The first-order valence-corrected chi connectivity index (χ1v) is 7.71. The zero-order valence-electron chi connectivity index (χ0n) is 12.4. The van der Waals surface area contributed by atoms with Gasteiger partial charge in [-0.3, -0.25) is 4.79 Å². The van der Waals surface area contributed by atoms with Gasteiger partial charge in [-0.25, -0.2) is 0 Å². The molecule has 4 nitrogen and oxygen atoms in total.